The molecule has 7 aliphatic heterocycles. The average molecular weight is 1510 g/mol. The van der Waals surface area contributed by atoms with Gasteiger partial charge in [-0.3, -0.25) is 4.79 Å². The Morgan fingerprint density at radius 2 is 1.14 bits per heavy atom. The van der Waals surface area contributed by atoms with Crippen LogP contribution in [0.2, 0.25) is 0 Å². The van der Waals surface area contributed by atoms with Gasteiger partial charge in [0.25, 0.3) is 0 Å². The van der Waals surface area contributed by atoms with E-state index in [0.717, 1.165) is 11.9 Å². The monoisotopic (exact) mass is 1510 g/mol. The van der Waals surface area contributed by atoms with Crippen LogP contribution in [0.3, 0.4) is 0 Å². The maximum absolute atomic E-state index is 15.7. The summed E-state index contributed by atoms with van der Waals surface area (Å²) in [5.41, 5.74) is -6.89. The molecule has 7 saturated heterocycles. The Morgan fingerprint density at radius 1 is 0.543 bits per heavy atom. The predicted molar refractivity (Wildman–Crippen MR) is 342 cm³/mol. The smallest absolute Gasteiger partial charge is 0.335 e. The van der Waals surface area contributed by atoms with Crippen molar-refractivity contribution in [1.29, 1.82) is 0 Å². The minimum atomic E-state index is -2.22. The Morgan fingerprint density at radius 3 is 1.80 bits per heavy atom. The molecule has 41 unspecified atom stereocenters. The number of aliphatic hydroxyl groups is 18. The molecule has 0 spiro atoms. The number of carbonyl (C=O) groups excluding carboxylic acids is 2. The van der Waals surface area contributed by atoms with E-state index < -0.39 is 292 Å². The van der Waals surface area contributed by atoms with Crippen molar-refractivity contribution >= 4 is 18.2 Å². The van der Waals surface area contributed by atoms with Crippen molar-refractivity contribution in [3.05, 3.63) is 11.6 Å². The first-order valence-electron chi connectivity index (χ1n) is 36.4. The largest absolute Gasteiger partial charge is 0.479 e. The third-order valence-corrected chi connectivity index (χ3v) is 26.6. The summed E-state index contributed by atoms with van der Waals surface area (Å²) in [6.45, 7) is 11.6. The molecule has 12 rings (SSSR count). The second-order valence-electron chi connectivity index (χ2n) is 33.3. The molecule has 0 aromatic rings. The normalized spacial score (nSPS) is 55.0. The molecule has 0 radical (unpaired) electrons. The third kappa shape index (κ3) is 13.8. The van der Waals surface area contributed by atoms with E-state index >= 15 is 4.79 Å². The van der Waals surface area contributed by atoms with Crippen molar-refractivity contribution < 1.29 is 178 Å². The number of rotatable bonds is 18. The molecule has 0 aromatic heterocycles. The topological polar surface area (TPSA) is 565 Å². The van der Waals surface area contributed by atoms with Gasteiger partial charge < -0.3 is 168 Å². The molecular formula is C69H108O36. The summed E-state index contributed by atoms with van der Waals surface area (Å²) < 4.78 is 83.4. The lowest BCUT2D eigenvalue weighted by molar-refractivity contribution is -0.391. The van der Waals surface area contributed by atoms with Crippen LogP contribution in [0.1, 0.15) is 113 Å². The van der Waals surface area contributed by atoms with Crippen LogP contribution in [0.4, 0.5) is 0 Å². The van der Waals surface area contributed by atoms with E-state index in [4.69, 9.17) is 66.3 Å². The number of carboxylic acid groups (broad SMARTS) is 1. The number of fused-ring (bicyclic) bond motifs is 7. The molecule has 36 nitrogen and oxygen atoms in total. The molecule has 12 aliphatic rings. The SMILES string of the molecule is CC1OC(OC(=O)C23CCC(C)(C)CC2C2=CCC4C5(C)CCC(OC6OC(C(=O)O)C(O)C(OC7OCC(O)C(O)C7O)C6OC6OC(CO)C(O)C(O)C6O)C(C)(C=O)C5CCC4(C)C2(C)CC3O)C(OC2OC(C)C(OC3OCC(O)C(OC4OCC(O)(CO)C4O)C3O)C(O)C2O)C(O)C1O. The van der Waals surface area contributed by atoms with Crippen molar-refractivity contribution in [3.63, 3.8) is 0 Å². The maximum atomic E-state index is 15.7. The first-order chi connectivity index (χ1) is 49.2. The molecular weight excluding hydrogens is 1400 g/mol. The van der Waals surface area contributed by atoms with E-state index in [2.05, 4.69) is 40.7 Å². The van der Waals surface area contributed by atoms with Crippen LogP contribution in [0, 0.1) is 50.2 Å². The van der Waals surface area contributed by atoms with Gasteiger partial charge in [0.05, 0.1) is 62.9 Å². The first-order valence-corrected chi connectivity index (χ1v) is 36.4. The molecule has 11 fully saturated rings. The number of allylic oxidation sites excluding steroid dienone is 2. The van der Waals surface area contributed by atoms with Gasteiger partial charge in [-0.05, 0) is 111 Å². The number of hydrogen-bond donors (Lipinski definition) is 19. The van der Waals surface area contributed by atoms with Gasteiger partial charge >= 0.3 is 11.9 Å². The molecule has 600 valence electrons. The zero-order chi connectivity index (χ0) is 76.7. The maximum Gasteiger partial charge on any atom is 0.335 e. The number of ether oxygens (including phenoxy) is 14. The van der Waals surface area contributed by atoms with Crippen LogP contribution in [0.25, 0.3) is 0 Å². The summed E-state index contributed by atoms with van der Waals surface area (Å²) in [5, 5.41) is 209. The van der Waals surface area contributed by atoms with Crippen LogP contribution in [-0.4, -0.2) is 351 Å². The van der Waals surface area contributed by atoms with Crippen LogP contribution in [-0.2, 0) is 80.7 Å². The highest BCUT2D eigenvalue weighted by molar-refractivity contribution is 5.80. The molecule has 105 heavy (non-hydrogen) atoms. The Labute approximate surface area is 604 Å². The lowest BCUT2D eigenvalue weighted by Crippen LogP contribution is -2.69. The number of aldehydes is 1. The van der Waals surface area contributed by atoms with Gasteiger partial charge in [-0.1, -0.05) is 53.2 Å². The van der Waals surface area contributed by atoms with Crippen molar-refractivity contribution in [2.45, 2.75) is 315 Å². The first kappa shape index (κ1) is 81.6. The van der Waals surface area contributed by atoms with Crippen molar-refractivity contribution in [2.75, 3.05) is 33.0 Å². The van der Waals surface area contributed by atoms with Crippen molar-refractivity contribution in [1.82, 2.24) is 0 Å². The molecule has 0 bridgehead atoms. The number of carbonyl (C=O) groups is 3. The number of aliphatic carboxylic acids is 1. The second kappa shape index (κ2) is 30.2. The minimum absolute atomic E-state index is 0.0426. The quantitative estimate of drug-likeness (QED) is 0.0263. The highest BCUT2D eigenvalue weighted by Gasteiger charge is 2.73. The van der Waals surface area contributed by atoms with Crippen LogP contribution < -0.4 is 0 Å². The lowest BCUT2D eigenvalue weighted by atomic mass is 9.33. The Bertz CT molecular complexity index is 3100. The fraction of sp³-hybridized carbons (Fsp3) is 0.928. The molecule has 0 amide bonds. The molecule has 19 N–H and O–H groups in total. The van der Waals surface area contributed by atoms with Crippen LogP contribution >= 0.6 is 0 Å². The molecule has 4 saturated carbocycles. The Balaban J connectivity index is 0.777. The van der Waals surface area contributed by atoms with Crippen LogP contribution in [0.5, 0.6) is 0 Å². The second-order valence-corrected chi connectivity index (χ2v) is 33.3. The molecule has 36 heteroatoms. The minimum Gasteiger partial charge on any atom is -0.479 e. The fourth-order valence-electron chi connectivity index (χ4n) is 20.0. The van der Waals surface area contributed by atoms with Gasteiger partial charge in [-0.15, -0.1) is 0 Å². The molecule has 41 atom stereocenters. The highest BCUT2D eigenvalue weighted by Crippen LogP contribution is 2.76. The van der Waals surface area contributed by atoms with E-state index in [1.54, 1.807) is 6.92 Å². The van der Waals surface area contributed by atoms with E-state index in [0.29, 0.717) is 38.5 Å². The van der Waals surface area contributed by atoms with Gasteiger partial charge in [-0.25, -0.2) is 4.79 Å². The summed E-state index contributed by atoms with van der Waals surface area (Å²) in [5.74, 6) is -4.03. The number of carboxylic acids is 1. The number of esters is 1. The van der Waals surface area contributed by atoms with Gasteiger partial charge in [0, 0.05) is 0 Å². The van der Waals surface area contributed by atoms with Crippen LogP contribution in [0.15, 0.2) is 11.6 Å². The van der Waals surface area contributed by atoms with Gasteiger partial charge in [0.15, 0.2) is 49.9 Å². The lowest BCUT2D eigenvalue weighted by Gasteiger charge is -2.71. The van der Waals surface area contributed by atoms with E-state index in [-0.39, 0.29) is 25.2 Å². The molecule has 7 heterocycles. The van der Waals surface area contributed by atoms with E-state index in [9.17, 15) is 107 Å². The summed E-state index contributed by atoms with van der Waals surface area (Å²) >= 11 is 0. The standard InChI is InChI=1S/C69H108O36/c1-25-36(76)40(80)51(103-57-44(84)41(81)47(26(2)96-57)99-56-46(86)48(30(74)21-93-56)100-61-53(87)68(91,23-72)24-94-61)59(95-25)105-62(90)69-16-15-63(3,4)17-28(69)27-9-10-33-64(5)13-12-35(65(6,22-71)32(64)11-14-66(33,7)67(27,8)18-34(69)75)98-60-52(104-58-43(83)39(79)38(78)31(19-70)97-58)49(45(85)50(102-60)54(88)89)101-55-42(82)37(77)29(73)20-92-55/h9,22,25-26,28-53,55-61,70,72-87,91H,10-21,23-24H2,1-8H3,(H,88,89). The molecule has 0 aromatic carbocycles. The highest BCUT2D eigenvalue weighted by atomic mass is 16.8. The summed E-state index contributed by atoms with van der Waals surface area (Å²) in [4.78, 5) is 43.0. The summed E-state index contributed by atoms with van der Waals surface area (Å²) in [6.07, 6.45) is -51.1. The van der Waals surface area contributed by atoms with Gasteiger partial charge in [-0.2, -0.15) is 0 Å². The third-order valence-electron chi connectivity index (χ3n) is 26.6. The Hall–Kier alpha value is -2.89. The van der Waals surface area contributed by atoms with E-state index in [1.807, 2.05) is 0 Å². The molecule has 5 aliphatic carbocycles. The number of hydrogen-bond acceptors (Lipinski definition) is 35. The van der Waals surface area contributed by atoms with Crippen molar-refractivity contribution in [2.24, 2.45) is 50.2 Å². The fourth-order valence-corrected chi connectivity index (χ4v) is 20.0. The van der Waals surface area contributed by atoms with E-state index in [1.165, 1.54) is 13.8 Å². The van der Waals surface area contributed by atoms with Gasteiger partial charge in [0.1, 0.15) is 133 Å². The average Bonchev–Trinajstić information content (AvgIpc) is 0.902. The number of aliphatic hydroxyl groups excluding tert-OH is 17. The zero-order valence-corrected chi connectivity index (χ0v) is 59.7. The predicted octanol–water partition coefficient (Wildman–Crippen LogP) is -6.35. The summed E-state index contributed by atoms with van der Waals surface area (Å²) in [7, 11) is 0. The summed E-state index contributed by atoms with van der Waals surface area (Å²) in [6, 6.07) is 0. The van der Waals surface area contributed by atoms with Crippen molar-refractivity contribution in [3.8, 4) is 0 Å². The van der Waals surface area contributed by atoms with Gasteiger partial charge in [0.2, 0.25) is 6.29 Å². The Kier molecular flexibility index (Phi) is 23.5. The zero-order valence-electron chi connectivity index (χ0n) is 59.7.